The average Bonchev–Trinajstić information content (AvgIpc) is 2.77. The number of carbonyl (C=O) groups excluding carboxylic acids is 2. The predicted molar refractivity (Wildman–Crippen MR) is 89.1 cm³/mol. The molecule has 0 aliphatic carbocycles. The molecule has 1 unspecified atom stereocenters. The summed E-state index contributed by atoms with van der Waals surface area (Å²) in [4.78, 5) is 26.8. The van der Waals surface area contributed by atoms with Crippen molar-refractivity contribution in [2.24, 2.45) is 0 Å². The summed E-state index contributed by atoms with van der Waals surface area (Å²) in [5.41, 5.74) is 6.75. The molecule has 112 valence electrons. The van der Waals surface area contributed by atoms with Gasteiger partial charge in [0, 0.05) is 17.0 Å². The molecular formula is C16H13ClN2O2S. The van der Waals surface area contributed by atoms with Gasteiger partial charge in [0.15, 0.2) is 0 Å². The number of nitrogens with two attached hydrogens (primary N) is 1. The number of rotatable bonds is 3. The van der Waals surface area contributed by atoms with Crippen LogP contribution in [0.4, 0.5) is 11.4 Å². The molecule has 2 aromatic carbocycles. The number of nitrogen functional groups attached to an aromatic ring is 1. The van der Waals surface area contributed by atoms with Crippen LogP contribution in [0.2, 0.25) is 5.02 Å². The Kier molecular flexibility index (Phi) is 4.09. The third-order valence-electron chi connectivity index (χ3n) is 3.36. The number of carbonyl (C=O) groups is 2. The molecule has 1 aliphatic heterocycles. The lowest BCUT2D eigenvalue weighted by molar-refractivity contribution is -0.121. The number of benzene rings is 2. The van der Waals surface area contributed by atoms with Crippen molar-refractivity contribution in [3.8, 4) is 0 Å². The van der Waals surface area contributed by atoms with E-state index in [1.807, 2.05) is 12.1 Å². The van der Waals surface area contributed by atoms with Crippen molar-refractivity contribution in [1.82, 2.24) is 0 Å². The lowest BCUT2D eigenvalue weighted by Crippen LogP contribution is -2.31. The van der Waals surface area contributed by atoms with Gasteiger partial charge in [0.05, 0.1) is 16.0 Å². The number of imide groups is 1. The second-order valence-electron chi connectivity index (χ2n) is 4.90. The zero-order valence-electron chi connectivity index (χ0n) is 11.5. The summed E-state index contributed by atoms with van der Waals surface area (Å²) in [7, 11) is 0. The predicted octanol–water partition coefficient (Wildman–Crippen LogP) is 3.35. The number of hydrogen-bond acceptors (Lipinski definition) is 4. The Labute approximate surface area is 137 Å². The van der Waals surface area contributed by atoms with Crippen LogP contribution in [0.5, 0.6) is 0 Å². The molecule has 0 saturated carbocycles. The Hall–Kier alpha value is -1.98. The highest BCUT2D eigenvalue weighted by Crippen LogP contribution is 2.36. The third kappa shape index (κ3) is 2.82. The Balaban J connectivity index is 1.82. The molecule has 1 heterocycles. The van der Waals surface area contributed by atoms with E-state index in [9.17, 15) is 9.59 Å². The van der Waals surface area contributed by atoms with Crippen molar-refractivity contribution in [3.63, 3.8) is 0 Å². The fourth-order valence-electron chi connectivity index (χ4n) is 2.29. The largest absolute Gasteiger partial charge is 0.399 e. The summed E-state index contributed by atoms with van der Waals surface area (Å²) < 4.78 is 0. The number of hydrogen-bond donors (Lipinski definition) is 1. The summed E-state index contributed by atoms with van der Waals surface area (Å²) in [5.74, 6) is -0.467. The normalized spacial score (nSPS) is 18.0. The zero-order valence-corrected chi connectivity index (χ0v) is 13.1. The van der Waals surface area contributed by atoms with E-state index < -0.39 is 5.25 Å². The summed E-state index contributed by atoms with van der Waals surface area (Å²) in [6, 6.07) is 14.1. The van der Waals surface area contributed by atoms with E-state index in [-0.39, 0.29) is 18.2 Å². The monoisotopic (exact) mass is 332 g/mol. The second kappa shape index (κ2) is 6.02. The summed E-state index contributed by atoms with van der Waals surface area (Å²) in [6.45, 7) is 0. The van der Waals surface area contributed by atoms with E-state index in [4.69, 9.17) is 17.3 Å². The van der Waals surface area contributed by atoms with Crippen molar-refractivity contribution in [2.75, 3.05) is 10.6 Å². The van der Waals surface area contributed by atoms with Gasteiger partial charge in [-0.1, -0.05) is 23.7 Å². The molecule has 1 saturated heterocycles. The fraction of sp³-hybridized carbons (Fsp3) is 0.125. The van der Waals surface area contributed by atoms with E-state index >= 15 is 0 Å². The van der Waals surface area contributed by atoms with Gasteiger partial charge in [0.2, 0.25) is 11.8 Å². The van der Waals surface area contributed by atoms with Gasteiger partial charge in [0.25, 0.3) is 0 Å². The SMILES string of the molecule is Nc1ccc(SC2CC(=O)N(c3ccccc3Cl)C2=O)cc1. The third-order valence-corrected chi connectivity index (χ3v) is 4.87. The van der Waals surface area contributed by atoms with Gasteiger partial charge in [-0.2, -0.15) is 0 Å². The quantitative estimate of drug-likeness (QED) is 0.691. The van der Waals surface area contributed by atoms with E-state index in [1.165, 1.54) is 16.7 Å². The highest BCUT2D eigenvalue weighted by Gasteiger charge is 2.40. The molecule has 0 aromatic heterocycles. The van der Waals surface area contributed by atoms with Crippen molar-refractivity contribution in [2.45, 2.75) is 16.6 Å². The van der Waals surface area contributed by atoms with E-state index in [0.29, 0.717) is 16.4 Å². The minimum atomic E-state index is -0.438. The molecule has 3 rings (SSSR count). The molecule has 2 aromatic rings. The Morgan fingerprint density at radius 1 is 1.09 bits per heavy atom. The Morgan fingerprint density at radius 3 is 2.45 bits per heavy atom. The first-order valence-corrected chi connectivity index (χ1v) is 7.95. The average molecular weight is 333 g/mol. The van der Waals surface area contributed by atoms with Crippen LogP contribution in [0.1, 0.15) is 6.42 Å². The minimum Gasteiger partial charge on any atom is -0.399 e. The van der Waals surface area contributed by atoms with Gasteiger partial charge in [-0.25, -0.2) is 4.90 Å². The highest BCUT2D eigenvalue weighted by atomic mass is 35.5. The molecule has 22 heavy (non-hydrogen) atoms. The maximum absolute atomic E-state index is 12.5. The van der Waals surface area contributed by atoms with Crippen LogP contribution in [0.25, 0.3) is 0 Å². The summed E-state index contributed by atoms with van der Waals surface area (Å²) in [6.07, 6.45) is 0.166. The van der Waals surface area contributed by atoms with Crippen LogP contribution >= 0.6 is 23.4 Å². The van der Waals surface area contributed by atoms with Crippen LogP contribution in [0.3, 0.4) is 0 Å². The van der Waals surface area contributed by atoms with Crippen molar-refractivity contribution in [3.05, 3.63) is 53.6 Å². The Morgan fingerprint density at radius 2 is 1.77 bits per heavy atom. The maximum Gasteiger partial charge on any atom is 0.247 e. The lowest BCUT2D eigenvalue weighted by atomic mass is 10.3. The van der Waals surface area contributed by atoms with E-state index in [1.54, 1.807) is 36.4 Å². The first kappa shape index (κ1) is 14.9. The number of halogens is 1. The molecule has 2 N–H and O–H groups in total. The number of para-hydroxylation sites is 1. The van der Waals surface area contributed by atoms with E-state index in [2.05, 4.69) is 0 Å². The van der Waals surface area contributed by atoms with Crippen molar-refractivity contribution >= 4 is 46.6 Å². The van der Waals surface area contributed by atoms with Crippen LogP contribution in [-0.4, -0.2) is 17.1 Å². The van der Waals surface area contributed by atoms with Gasteiger partial charge in [0.1, 0.15) is 0 Å². The van der Waals surface area contributed by atoms with Crippen LogP contribution < -0.4 is 10.6 Å². The molecule has 0 bridgehead atoms. The molecule has 1 atom stereocenters. The topological polar surface area (TPSA) is 63.4 Å². The summed E-state index contributed by atoms with van der Waals surface area (Å²) in [5, 5.41) is -0.0465. The molecule has 4 nitrogen and oxygen atoms in total. The van der Waals surface area contributed by atoms with Gasteiger partial charge >= 0.3 is 0 Å². The van der Waals surface area contributed by atoms with Crippen molar-refractivity contribution < 1.29 is 9.59 Å². The zero-order chi connectivity index (χ0) is 15.7. The van der Waals surface area contributed by atoms with Gasteiger partial charge in [-0.05, 0) is 36.4 Å². The Bertz CT molecular complexity index is 733. The lowest BCUT2D eigenvalue weighted by Gasteiger charge is -2.16. The summed E-state index contributed by atoms with van der Waals surface area (Å²) >= 11 is 7.46. The highest BCUT2D eigenvalue weighted by molar-refractivity contribution is 8.00. The molecule has 0 radical (unpaired) electrons. The number of anilines is 2. The number of thioether (sulfide) groups is 1. The molecule has 6 heteroatoms. The molecule has 2 amide bonds. The maximum atomic E-state index is 12.5. The van der Waals surface area contributed by atoms with Crippen LogP contribution in [-0.2, 0) is 9.59 Å². The van der Waals surface area contributed by atoms with Crippen LogP contribution in [0.15, 0.2) is 53.4 Å². The molecule has 1 fully saturated rings. The smallest absolute Gasteiger partial charge is 0.247 e. The minimum absolute atomic E-state index is 0.166. The van der Waals surface area contributed by atoms with Crippen LogP contribution in [0, 0.1) is 0 Å². The molecule has 0 spiro atoms. The van der Waals surface area contributed by atoms with Gasteiger partial charge in [-0.15, -0.1) is 11.8 Å². The van der Waals surface area contributed by atoms with E-state index in [0.717, 1.165) is 4.90 Å². The molecule has 1 aliphatic rings. The standard InChI is InChI=1S/C16H13ClN2O2S/c17-12-3-1-2-4-13(12)19-15(20)9-14(16(19)21)22-11-7-5-10(18)6-8-11/h1-8,14H,9,18H2. The first-order valence-electron chi connectivity index (χ1n) is 6.70. The fourth-order valence-corrected chi connectivity index (χ4v) is 3.57. The van der Waals surface area contributed by atoms with Crippen molar-refractivity contribution in [1.29, 1.82) is 0 Å². The second-order valence-corrected chi connectivity index (χ2v) is 6.58. The molecular weight excluding hydrogens is 320 g/mol. The van der Waals surface area contributed by atoms with Gasteiger partial charge < -0.3 is 5.73 Å². The first-order chi connectivity index (χ1) is 10.6. The van der Waals surface area contributed by atoms with Gasteiger partial charge in [-0.3, -0.25) is 9.59 Å². The number of amides is 2. The number of nitrogens with zero attached hydrogens (tertiary/aromatic N) is 1.